The number of methoxy groups -OCH3 is 1. The average Bonchev–Trinajstić information content (AvgIpc) is 3.33. The maximum Gasteiger partial charge on any atom is 0.170 e. The van der Waals surface area contributed by atoms with Gasteiger partial charge in [0, 0.05) is 29.8 Å². The zero-order valence-corrected chi connectivity index (χ0v) is 20.0. The van der Waals surface area contributed by atoms with Crippen molar-refractivity contribution in [3.8, 4) is 11.4 Å². The summed E-state index contributed by atoms with van der Waals surface area (Å²) in [6.07, 6.45) is 2.88. The summed E-state index contributed by atoms with van der Waals surface area (Å²) in [6, 6.07) is 18.7. The molecule has 0 spiro atoms. The van der Waals surface area contributed by atoms with Gasteiger partial charge in [0.1, 0.15) is 5.75 Å². The van der Waals surface area contributed by atoms with Crippen molar-refractivity contribution in [2.24, 2.45) is 0 Å². The Bertz CT molecular complexity index is 1050. The van der Waals surface area contributed by atoms with E-state index < -0.39 is 0 Å². The van der Waals surface area contributed by atoms with Crippen LogP contribution in [0.5, 0.6) is 5.75 Å². The molecule has 6 nitrogen and oxygen atoms in total. The number of benzene rings is 1. The Hall–Kier alpha value is -2.90. The van der Waals surface area contributed by atoms with Crippen LogP contribution in [-0.2, 0) is 0 Å². The SMILES string of the molecule is COc1ccc(-n2c(C)ccc2[C@@H]2[C@@H](c3ccccn3)NC(=S)N2CCCN(C)C)cc1. The van der Waals surface area contributed by atoms with Crippen LogP contribution in [0.25, 0.3) is 5.69 Å². The molecule has 3 aromatic rings. The van der Waals surface area contributed by atoms with E-state index in [9.17, 15) is 0 Å². The molecule has 1 aliphatic heterocycles. The van der Waals surface area contributed by atoms with Crippen molar-refractivity contribution in [3.63, 3.8) is 0 Å². The van der Waals surface area contributed by atoms with Gasteiger partial charge in [-0.2, -0.15) is 0 Å². The minimum absolute atomic E-state index is 0.0191. The summed E-state index contributed by atoms with van der Waals surface area (Å²) in [4.78, 5) is 9.20. The van der Waals surface area contributed by atoms with E-state index in [0.29, 0.717) is 0 Å². The Morgan fingerprint density at radius 2 is 1.88 bits per heavy atom. The fourth-order valence-electron chi connectivity index (χ4n) is 4.40. The van der Waals surface area contributed by atoms with Gasteiger partial charge >= 0.3 is 0 Å². The molecule has 1 aliphatic rings. The van der Waals surface area contributed by atoms with Crippen LogP contribution in [-0.4, -0.2) is 58.8 Å². The summed E-state index contributed by atoms with van der Waals surface area (Å²) >= 11 is 5.82. The second kappa shape index (κ2) is 9.71. The molecule has 0 bridgehead atoms. The molecule has 0 amide bonds. The maximum absolute atomic E-state index is 5.82. The standard InChI is InChI=1S/C25H31N5OS/c1-18-9-14-22(30(18)19-10-12-20(31-4)13-11-19)24-23(21-8-5-6-15-26-21)27-25(32)29(24)17-7-16-28(2)3/h5-6,8-15,23-24H,7,16-17H2,1-4H3,(H,27,32)/t23-,24-/m1/s1. The zero-order valence-electron chi connectivity index (χ0n) is 19.2. The van der Waals surface area contributed by atoms with Gasteiger partial charge in [0.05, 0.1) is 24.9 Å². The second-order valence-electron chi connectivity index (χ2n) is 8.41. The number of hydrogen-bond donors (Lipinski definition) is 1. The average molecular weight is 450 g/mol. The van der Waals surface area contributed by atoms with E-state index in [0.717, 1.165) is 41.8 Å². The Labute approximate surface area is 195 Å². The fraction of sp³-hybridized carbons (Fsp3) is 0.360. The number of rotatable bonds is 8. The predicted octanol–water partition coefficient (Wildman–Crippen LogP) is 4.11. The first-order chi connectivity index (χ1) is 15.5. The van der Waals surface area contributed by atoms with Crippen LogP contribution < -0.4 is 10.1 Å². The van der Waals surface area contributed by atoms with Gasteiger partial charge in [0.15, 0.2) is 5.11 Å². The molecule has 3 heterocycles. The molecular weight excluding hydrogens is 418 g/mol. The van der Waals surface area contributed by atoms with E-state index >= 15 is 0 Å². The van der Waals surface area contributed by atoms with Gasteiger partial charge in [-0.15, -0.1) is 0 Å². The third kappa shape index (κ3) is 4.49. The fourth-order valence-corrected chi connectivity index (χ4v) is 4.73. The lowest BCUT2D eigenvalue weighted by molar-refractivity contribution is 0.286. The van der Waals surface area contributed by atoms with Crippen LogP contribution in [0, 0.1) is 6.92 Å². The van der Waals surface area contributed by atoms with Gasteiger partial charge in [-0.25, -0.2) is 0 Å². The van der Waals surface area contributed by atoms with E-state index in [4.69, 9.17) is 17.0 Å². The second-order valence-corrected chi connectivity index (χ2v) is 8.80. The summed E-state index contributed by atoms with van der Waals surface area (Å²) in [5.74, 6) is 0.848. The molecular formula is C25H31N5OS. The summed E-state index contributed by atoms with van der Waals surface area (Å²) in [6.45, 7) is 4.03. The highest BCUT2D eigenvalue weighted by atomic mass is 32.1. The van der Waals surface area contributed by atoms with E-state index in [2.05, 4.69) is 76.0 Å². The number of thiocarbonyl (C=S) groups is 1. The third-order valence-corrected chi connectivity index (χ3v) is 6.29. The number of nitrogens with zero attached hydrogens (tertiary/aromatic N) is 4. The molecule has 0 aliphatic carbocycles. The zero-order chi connectivity index (χ0) is 22.7. The van der Waals surface area contributed by atoms with E-state index in [1.165, 1.54) is 11.4 Å². The molecule has 1 N–H and O–H groups in total. The molecule has 2 aromatic heterocycles. The number of nitrogens with one attached hydrogen (secondary N) is 1. The summed E-state index contributed by atoms with van der Waals surface area (Å²) in [5.41, 5.74) is 4.47. The van der Waals surface area contributed by atoms with E-state index in [-0.39, 0.29) is 12.1 Å². The number of aryl methyl sites for hydroxylation is 1. The van der Waals surface area contributed by atoms with Crippen LogP contribution in [0.1, 0.15) is 35.6 Å². The van der Waals surface area contributed by atoms with Crippen molar-refractivity contribution in [2.45, 2.75) is 25.4 Å². The Morgan fingerprint density at radius 3 is 2.53 bits per heavy atom. The van der Waals surface area contributed by atoms with Gasteiger partial charge in [-0.05, 0) is 94.7 Å². The number of aromatic nitrogens is 2. The molecule has 0 unspecified atom stereocenters. The summed E-state index contributed by atoms with van der Waals surface area (Å²) < 4.78 is 7.67. The minimum atomic E-state index is -0.0191. The molecule has 1 saturated heterocycles. The summed E-state index contributed by atoms with van der Waals surface area (Å²) in [7, 11) is 5.90. The van der Waals surface area contributed by atoms with E-state index in [1.807, 2.05) is 30.5 Å². The van der Waals surface area contributed by atoms with Crippen LogP contribution in [0.3, 0.4) is 0 Å². The molecule has 0 radical (unpaired) electrons. The normalized spacial score (nSPS) is 18.3. The van der Waals surface area contributed by atoms with Crippen molar-refractivity contribution < 1.29 is 4.74 Å². The highest BCUT2D eigenvalue weighted by Gasteiger charge is 2.41. The van der Waals surface area contributed by atoms with Crippen LogP contribution in [0.15, 0.2) is 60.8 Å². The maximum atomic E-state index is 5.82. The van der Waals surface area contributed by atoms with E-state index in [1.54, 1.807) is 7.11 Å². The van der Waals surface area contributed by atoms with Crippen molar-refractivity contribution in [1.82, 2.24) is 24.7 Å². The lowest BCUT2D eigenvalue weighted by Gasteiger charge is -2.29. The van der Waals surface area contributed by atoms with Gasteiger partial charge in [0.25, 0.3) is 0 Å². The van der Waals surface area contributed by atoms with Crippen molar-refractivity contribution in [1.29, 1.82) is 0 Å². The van der Waals surface area contributed by atoms with Crippen molar-refractivity contribution in [2.75, 3.05) is 34.3 Å². The van der Waals surface area contributed by atoms with Gasteiger partial charge in [0.2, 0.25) is 0 Å². The minimum Gasteiger partial charge on any atom is -0.497 e. The molecule has 1 fully saturated rings. The highest BCUT2D eigenvalue weighted by molar-refractivity contribution is 7.80. The highest BCUT2D eigenvalue weighted by Crippen LogP contribution is 2.40. The first-order valence-electron chi connectivity index (χ1n) is 10.9. The first-order valence-corrected chi connectivity index (χ1v) is 11.4. The topological polar surface area (TPSA) is 45.6 Å². The van der Waals surface area contributed by atoms with Gasteiger partial charge in [-0.1, -0.05) is 6.07 Å². The molecule has 7 heteroatoms. The van der Waals surface area contributed by atoms with Crippen LogP contribution in [0.2, 0.25) is 0 Å². The van der Waals surface area contributed by atoms with Gasteiger partial charge < -0.3 is 24.4 Å². The third-order valence-electron chi connectivity index (χ3n) is 5.94. The number of hydrogen-bond acceptors (Lipinski definition) is 4. The van der Waals surface area contributed by atoms with Crippen LogP contribution in [0.4, 0.5) is 0 Å². The summed E-state index contributed by atoms with van der Waals surface area (Å²) in [5, 5.41) is 4.34. The lowest BCUT2D eigenvalue weighted by atomic mass is 10.0. The van der Waals surface area contributed by atoms with Crippen molar-refractivity contribution in [3.05, 3.63) is 77.9 Å². The molecule has 2 atom stereocenters. The Kier molecular flexibility index (Phi) is 6.77. The Morgan fingerprint density at radius 1 is 1.09 bits per heavy atom. The monoisotopic (exact) mass is 449 g/mol. The molecule has 32 heavy (non-hydrogen) atoms. The predicted molar refractivity (Wildman–Crippen MR) is 132 cm³/mol. The first kappa shape index (κ1) is 22.3. The molecule has 168 valence electrons. The molecule has 4 rings (SSSR count). The largest absolute Gasteiger partial charge is 0.497 e. The quantitative estimate of drug-likeness (QED) is 0.522. The number of ether oxygens (including phenoxy) is 1. The smallest absolute Gasteiger partial charge is 0.170 e. The molecule has 0 saturated carbocycles. The number of pyridine rings is 1. The van der Waals surface area contributed by atoms with Crippen molar-refractivity contribution >= 4 is 17.3 Å². The molecule has 1 aromatic carbocycles. The Balaban J connectivity index is 1.76. The lowest BCUT2D eigenvalue weighted by Crippen LogP contribution is -2.33. The van der Waals surface area contributed by atoms with Gasteiger partial charge in [-0.3, -0.25) is 4.98 Å². The van der Waals surface area contributed by atoms with Crippen LogP contribution >= 0.6 is 12.2 Å².